The van der Waals surface area contributed by atoms with Crippen molar-refractivity contribution in [2.45, 2.75) is 0 Å². The topological polar surface area (TPSA) is 60.9 Å². The Bertz CT molecular complexity index is 809. The van der Waals surface area contributed by atoms with Crippen molar-refractivity contribution in [3.8, 4) is 11.1 Å². The van der Waals surface area contributed by atoms with Crippen LogP contribution in [0.5, 0.6) is 0 Å². The van der Waals surface area contributed by atoms with Gasteiger partial charge in [0.05, 0.1) is 10.9 Å². The SMILES string of the molecule is Nn1cc(-c2ccc(F)cc2)c(=O)c2cnccc21. The number of hydrogen-bond donors (Lipinski definition) is 1. The lowest BCUT2D eigenvalue weighted by atomic mass is 10.1. The zero-order chi connectivity index (χ0) is 13.4. The number of nitrogens with zero attached hydrogens (tertiary/aromatic N) is 2. The summed E-state index contributed by atoms with van der Waals surface area (Å²) in [5, 5.41) is 0.437. The second kappa shape index (κ2) is 4.20. The Kier molecular flexibility index (Phi) is 2.52. The van der Waals surface area contributed by atoms with Crippen molar-refractivity contribution in [2.24, 2.45) is 0 Å². The number of nitrogen functional groups attached to an aromatic ring is 1. The summed E-state index contributed by atoms with van der Waals surface area (Å²) in [6.45, 7) is 0. The molecule has 4 nitrogen and oxygen atoms in total. The molecule has 2 heterocycles. The van der Waals surface area contributed by atoms with Gasteiger partial charge in [-0.3, -0.25) is 14.5 Å². The molecule has 1 aromatic carbocycles. The van der Waals surface area contributed by atoms with Gasteiger partial charge in [0.15, 0.2) is 5.43 Å². The van der Waals surface area contributed by atoms with Crippen molar-refractivity contribution in [3.63, 3.8) is 0 Å². The van der Waals surface area contributed by atoms with Crippen LogP contribution in [0.25, 0.3) is 22.0 Å². The van der Waals surface area contributed by atoms with Gasteiger partial charge < -0.3 is 5.84 Å². The van der Waals surface area contributed by atoms with Crippen LogP contribution in [0.3, 0.4) is 0 Å². The first-order valence-corrected chi connectivity index (χ1v) is 5.67. The molecule has 0 radical (unpaired) electrons. The summed E-state index contributed by atoms with van der Waals surface area (Å²) in [6, 6.07) is 7.39. The van der Waals surface area contributed by atoms with E-state index in [9.17, 15) is 9.18 Å². The Hall–Kier alpha value is -2.69. The highest BCUT2D eigenvalue weighted by Crippen LogP contribution is 2.18. The molecule has 0 saturated carbocycles. The number of benzene rings is 1. The second-order valence-electron chi connectivity index (χ2n) is 4.18. The van der Waals surface area contributed by atoms with Crippen molar-refractivity contribution in [3.05, 3.63) is 65.0 Å². The van der Waals surface area contributed by atoms with E-state index < -0.39 is 0 Å². The number of halogens is 1. The monoisotopic (exact) mass is 255 g/mol. The molecular formula is C14H10FN3O. The van der Waals surface area contributed by atoms with Crippen LogP contribution in [0.15, 0.2) is 53.7 Å². The van der Waals surface area contributed by atoms with Crippen LogP contribution >= 0.6 is 0 Å². The van der Waals surface area contributed by atoms with Crippen molar-refractivity contribution < 1.29 is 4.39 Å². The predicted octanol–water partition coefficient (Wildman–Crippen LogP) is 1.92. The van der Waals surface area contributed by atoms with Gasteiger partial charge in [-0.05, 0) is 23.8 Å². The van der Waals surface area contributed by atoms with E-state index in [-0.39, 0.29) is 11.2 Å². The Morgan fingerprint density at radius 2 is 1.89 bits per heavy atom. The smallest absolute Gasteiger partial charge is 0.198 e. The third-order valence-electron chi connectivity index (χ3n) is 2.99. The molecule has 0 atom stereocenters. The van der Waals surface area contributed by atoms with Crippen molar-refractivity contribution >= 4 is 10.9 Å². The van der Waals surface area contributed by atoms with Gasteiger partial charge in [0.25, 0.3) is 0 Å². The first kappa shape index (κ1) is 11.4. The fourth-order valence-electron chi connectivity index (χ4n) is 2.03. The summed E-state index contributed by atoms with van der Waals surface area (Å²) in [5.41, 5.74) is 1.47. The van der Waals surface area contributed by atoms with Crippen LogP contribution in [-0.2, 0) is 0 Å². The first-order valence-electron chi connectivity index (χ1n) is 5.67. The molecule has 0 amide bonds. The van der Waals surface area contributed by atoms with E-state index in [4.69, 9.17) is 5.84 Å². The number of pyridine rings is 2. The minimum atomic E-state index is -0.348. The summed E-state index contributed by atoms with van der Waals surface area (Å²) in [4.78, 5) is 16.3. The van der Waals surface area contributed by atoms with Gasteiger partial charge in [0.1, 0.15) is 5.82 Å². The molecule has 0 spiro atoms. The van der Waals surface area contributed by atoms with Gasteiger partial charge in [-0.2, -0.15) is 0 Å². The standard InChI is InChI=1S/C14H10FN3O/c15-10-3-1-9(2-4-10)12-8-18(16)13-5-6-17-7-11(13)14(12)19/h1-8H,16H2. The number of aromatic nitrogens is 2. The Labute approximate surface area is 107 Å². The van der Waals surface area contributed by atoms with E-state index >= 15 is 0 Å². The quantitative estimate of drug-likeness (QED) is 0.676. The molecule has 0 fully saturated rings. The van der Waals surface area contributed by atoms with E-state index in [1.165, 1.54) is 29.2 Å². The van der Waals surface area contributed by atoms with Crippen molar-refractivity contribution in [1.29, 1.82) is 0 Å². The van der Waals surface area contributed by atoms with Crippen LogP contribution in [0, 0.1) is 5.82 Å². The number of fused-ring (bicyclic) bond motifs is 1. The molecule has 94 valence electrons. The lowest BCUT2D eigenvalue weighted by Crippen LogP contribution is -2.17. The maximum absolute atomic E-state index is 12.9. The molecule has 0 aliphatic carbocycles. The second-order valence-corrected chi connectivity index (χ2v) is 4.18. The van der Waals surface area contributed by atoms with E-state index in [0.29, 0.717) is 22.0 Å². The third-order valence-corrected chi connectivity index (χ3v) is 2.99. The Morgan fingerprint density at radius 1 is 1.16 bits per heavy atom. The highest BCUT2D eigenvalue weighted by molar-refractivity contribution is 5.83. The third kappa shape index (κ3) is 1.85. The molecule has 0 aliphatic heterocycles. The van der Waals surface area contributed by atoms with Crippen LogP contribution in [0.1, 0.15) is 0 Å². The van der Waals surface area contributed by atoms with Crippen LogP contribution in [0.4, 0.5) is 4.39 Å². The van der Waals surface area contributed by atoms with Crippen LogP contribution in [-0.4, -0.2) is 9.66 Å². The minimum Gasteiger partial charge on any atom is -0.339 e. The van der Waals surface area contributed by atoms with Crippen molar-refractivity contribution in [1.82, 2.24) is 9.66 Å². The summed E-state index contributed by atoms with van der Waals surface area (Å²) >= 11 is 0. The average molecular weight is 255 g/mol. The molecule has 0 aliphatic rings. The van der Waals surface area contributed by atoms with E-state index in [1.54, 1.807) is 24.4 Å². The Balaban J connectivity index is 2.34. The normalized spacial score (nSPS) is 10.8. The summed E-state index contributed by atoms with van der Waals surface area (Å²) in [6.07, 6.45) is 4.59. The summed E-state index contributed by atoms with van der Waals surface area (Å²) < 4.78 is 14.3. The summed E-state index contributed by atoms with van der Waals surface area (Å²) in [7, 11) is 0. The molecule has 5 heteroatoms. The average Bonchev–Trinajstić information content (AvgIpc) is 2.44. The minimum absolute atomic E-state index is 0.170. The zero-order valence-corrected chi connectivity index (χ0v) is 9.88. The molecule has 0 unspecified atom stereocenters. The maximum atomic E-state index is 12.9. The molecule has 19 heavy (non-hydrogen) atoms. The molecular weight excluding hydrogens is 245 g/mol. The zero-order valence-electron chi connectivity index (χ0n) is 9.88. The molecule has 2 N–H and O–H groups in total. The fourth-order valence-corrected chi connectivity index (χ4v) is 2.03. The fraction of sp³-hybridized carbons (Fsp3) is 0. The lowest BCUT2D eigenvalue weighted by molar-refractivity contribution is 0.628. The summed E-state index contributed by atoms with van der Waals surface area (Å²) in [5.74, 6) is 5.52. The predicted molar refractivity (Wildman–Crippen MR) is 71.5 cm³/mol. The van der Waals surface area contributed by atoms with Gasteiger partial charge in [-0.15, -0.1) is 0 Å². The number of rotatable bonds is 1. The molecule has 3 rings (SSSR count). The van der Waals surface area contributed by atoms with Gasteiger partial charge in [-0.25, -0.2) is 4.39 Å². The number of hydrogen-bond acceptors (Lipinski definition) is 3. The van der Waals surface area contributed by atoms with E-state index in [1.807, 2.05) is 0 Å². The molecule has 3 aromatic rings. The van der Waals surface area contributed by atoms with Gasteiger partial charge in [0, 0.05) is 24.2 Å². The lowest BCUT2D eigenvalue weighted by Gasteiger charge is -2.08. The van der Waals surface area contributed by atoms with E-state index in [2.05, 4.69) is 4.98 Å². The van der Waals surface area contributed by atoms with Crippen molar-refractivity contribution in [2.75, 3.05) is 5.84 Å². The van der Waals surface area contributed by atoms with Gasteiger partial charge in [0.2, 0.25) is 0 Å². The van der Waals surface area contributed by atoms with Gasteiger partial charge in [-0.1, -0.05) is 12.1 Å². The largest absolute Gasteiger partial charge is 0.339 e. The highest BCUT2D eigenvalue weighted by atomic mass is 19.1. The molecule has 0 bridgehead atoms. The molecule has 2 aromatic heterocycles. The number of nitrogens with two attached hydrogens (primary N) is 1. The van der Waals surface area contributed by atoms with E-state index in [0.717, 1.165) is 0 Å². The van der Waals surface area contributed by atoms with Crippen LogP contribution in [0.2, 0.25) is 0 Å². The molecule has 0 saturated heterocycles. The Morgan fingerprint density at radius 3 is 2.63 bits per heavy atom. The maximum Gasteiger partial charge on any atom is 0.198 e. The van der Waals surface area contributed by atoms with Gasteiger partial charge >= 0.3 is 0 Å². The van der Waals surface area contributed by atoms with Crippen LogP contribution < -0.4 is 11.3 Å². The first-order chi connectivity index (χ1) is 9.16. The highest BCUT2D eigenvalue weighted by Gasteiger charge is 2.09.